The Labute approximate surface area is 129 Å². The van der Waals surface area contributed by atoms with Crippen molar-refractivity contribution in [2.45, 2.75) is 18.8 Å². The van der Waals surface area contributed by atoms with Crippen LogP contribution in [-0.2, 0) is 22.3 Å². The molecule has 0 aromatic heterocycles. The van der Waals surface area contributed by atoms with E-state index in [9.17, 15) is 22.8 Å². The zero-order valence-electron chi connectivity index (χ0n) is 11.4. The minimum atomic E-state index is -4.57. The Morgan fingerprint density at radius 3 is 2.73 bits per heavy atom. The highest BCUT2D eigenvalue weighted by atomic mass is 35.5. The van der Waals surface area contributed by atoms with Gasteiger partial charge in [-0.2, -0.15) is 13.2 Å². The lowest BCUT2D eigenvalue weighted by Gasteiger charge is -2.17. The molecule has 0 unspecified atom stereocenters. The number of benzene rings is 1. The van der Waals surface area contributed by atoms with E-state index in [1.807, 2.05) is 0 Å². The quantitative estimate of drug-likeness (QED) is 0.922. The Balaban J connectivity index is 2.06. The van der Waals surface area contributed by atoms with Gasteiger partial charge in [0.1, 0.15) is 12.6 Å². The third-order valence-electron chi connectivity index (χ3n) is 3.26. The van der Waals surface area contributed by atoms with Crippen LogP contribution in [0.4, 0.5) is 18.0 Å². The minimum Gasteiger partial charge on any atom is -0.447 e. The molecule has 1 N–H and O–H groups in total. The third-order valence-corrected chi connectivity index (χ3v) is 3.71. The van der Waals surface area contributed by atoms with Crippen molar-refractivity contribution in [3.63, 3.8) is 0 Å². The van der Waals surface area contributed by atoms with E-state index in [2.05, 4.69) is 10.1 Å². The molecule has 1 saturated heterocycles. The maximum Gasteiger partial charge on any atom is 0.417 e. The maximum atomic E-state index is 12.7. The largest absolute Gasteiger partial charge is 0.447 e. The highest BCUT2D eigenvalue weighted by Crippen LogP contribution is 2.36. The molecule has 1 aliphatic rings. The van der Waals surface area contributed by atoms with Gasteiger partial charge in [-0.05, 0) is 11.6 Å². The minimum absolute atomic E-state index is 0.0997. The summed E-state index contributed by atoms with van der Waals surface area (Å²) >= 11 is 5.73. The topological polar surface area (TPSA) is 58.6 Å². The number of rotatable bonds is 3. The molecular weight excluding hydrogens is 325 g/mol. The Kier molecular flexibility index (Phi) is 4.50. The lowest BCUT2D eigenvalue weighted by molar-refractivity contribution is -0.137. The predicted octanol–water partition coefficient (Wildman–Crippen LogP) is 2.43. The van der Waals surface area contributed by atoms with E-state index >= 15 is 0 Å². The first-order valence-corrected chi connectivity index (χ1v) is 6.61. The molecule has 120 valence electrons. The molecule has 5 nitrogen and oxygen atoms in total. The van der Waals surface area contributed by atoms with E-state index in [4.69, 9.17) is 11.6 Å². The monoisotopic (exact) mass is 336 g/mol. The van der Waals surface area contributed by atoms with E-state index < -0.39 is 34.8 Å². The SMILES string of the molecule is CN1C(=O)OC[C@@H]1C(=O)NCc1cccc(C(F)(F)F)c1Cl. The molecular formula is C13H12ClF3N2O3. The normalized spacial score (nSPS) is 18.3. The number of nitrogens with one attached hydrogen (secondary N) is 1. The number of amides is 2. The van der Waals surface area contributed by atoms with Crippen molar-refractivity contribution in [1.82, 2.24) is 10.2 Å². The molecule has 0 saturated carbocycles. The number of halogens is 4. The van der Waals surface area contributed by atoms with E-state index in [1.165, 1.54) is 19.2 Å². The lowest BCUT2D eigenvalue weighted by atomic mass is 10.1. The zero-order chi connectivity index (χ0) is 16.5. The predicted molar refractivity (Wildman–Crippen MR) is 71.2 cm³/mol. The van der Waals surface area contributed by atoms with Crippen LogP contribution in [0.5, 0.6) is 0 Å². The second-order valence-electron chi connectivity index (χ2n) is 4.70. The van der Waals surface area contributed by atoms with Crippen LogP contribution in [0.1, 0.15) is 11.1 Å². The van der Waals surface area contributed by atoms with Crippen molar-refractivity contribution in [3.05, 3.63) is 34.3 Å². The third kappa shape index (κ3) is 3.27. The zero-order valence-corrected chi connectivity index (χ0v) is 12.2. The summed E-state index contributed by atoms with van der Waals surface area (Å²) in [5, 5.41) is 1.99. The fourth-order valence-electron chi connectivity index (χ4n) is 1.98. The van der Waals surface area contributed by atoms with Gasteiger partial charge in [-0.1, -0.05) is 23.7 Å². The maximum absolute atomic E-state index is 12.7. The summed E-state index contributed by atoms with van der Waals surface area (Å²) in [6.45, 7) is -0.280. The summed E-state index contributed by atoms with van der Waals surface area (Å²) < 4.78 is 42.9. The molecule has 2 amide bonds. The second-order valence-corrected chi connectivity index (χ2v) is 5.08. The first-order valence-electron chi connectivity index (χ1n) is 6.23. The number of hydrogen-bond donors (Lipinski definition) is 1. The van der Waals surface area contributed by atoms with Gasteiger partial charge in [0.25, 0.3) is 0 Å². The number of nitrogens with zero attached hydrogens (tertiary/aromatic N) is 1. The highest BCUT2D eigenvalue weighted by molar-refractivity contribution is 6.32. The molecule has 0 radical (unpaired) electrons. The van der Waals surface area contributed by atoms with E-state index in [0.717, 1.165) is 11.0 Å². The van der Waals surface area contributed by atoms with Crippen LogP contribution in [0.3, 0.4) is 0 Å². The van der Waals surface area contributed by atoms with Crippen LogP contribution in [-0.4, -0.2) is 36.6 Å². The summed E-state index contributed by atoms with van der Waals surface area (Å²) in [5.74, 6) is -0.526. The van der Waals surface area contributed by atoms with Crippen molar-refractivity contribution in [1.29, 1.82) is 0 Å². The van der Waals surface area contributed by atoms with E-state index in [0.29, 0.717) is 0 Å². The second kappa shape index (κ2) is 6.04. The molecule has 1 aromatic carbocycles. The van der Waals surface area contributed by atoms with Crippen molar-refractivity contribution in [2.75, 3.05) is 13.7 Å². The Morgan fingerprint density at radius 1 is 1.50 bits per heavy atom. The molecule has 0 bridgehead atoms. The summed E-state index contributed by atoms with van der Waals surface area (Å²) in [6, 6.07) is 2.66. The van der Waals surface area contributed by atoms with Gasteiger partial charge >= 0.3 is 12.3 Å². The summed E-state index contributed by atoms with van der Waals surface area (Å²) in [5.41, 5.74) is -0.824. The molecule has 0 spiro atoms. The van der Waals surface area contributed by atoms with Crippen LogP contribution >= 0.6 is 11.6 Å². The molecule has 1 atom stereocenters. The average molecular weight is 337 g/mol. The van der Waals surface area contributed by atoms with Crippen LogP contribution in [0.25, 0.3) is 0 Å². The number of carbonyl (C=O) groups excluding carboxylic acids is 2. The van der Waals surface area contributed by atoms with Gasteiger partial charge in [-0.15, -0.1) is 0 Å². The fourth-order valence-corrected chi connectivity index (χ4v) is 2.28. The molecule has 1 aliphatic heterocycles. The Morgan fingerprint density at radius 2 is 2.18 bits per heavy atom. The van der Waals surface area contributed by atoms with Gasteiger partial charge in [-0.25, -0.2) is 4.79 Å². The molecule has 2 rings (SSSR count). The molecule has 9 heteroatoms. The molecule has 1 fully saturated rings. The highest BCUT2D eigenvalue weighted by Gasteiger charge is 2.36. The first-order chi connectivity index (χ1) is 10.2. The van der Waals surface area contributed by atoms with Gasteiger partial charge < -0.3 is 10.1 Å². The van der Waals surface area contributed by atoms with Crippen LogP contribution in [0.2, 0.25) is 5.02 Å². The summed E-state index contributed by atoms with van der Waals surface area (Å²) in [6.07, 6.45) is -5.19. The average Bonchev–Trinajstić information content (AvgIpc) is 2.76. The summed E-state index contributed by atoms with van der Waals surface area (Å²) in [4.78, 5) is 24.2. The molecule has 0 aliphatic carbocycles. The van der Waals surface area contributed by atoms with Crippen LogP contribution in [0.15, 0.2) is 18.2 Å². The molecule has 1 heterocycles. The number of ether oxygens (including phenoxy) is 1. The lowest BCUT2D eigenvalue weighted by Crippen LogP contribution is -2.43. The van der Waals surface area contributed by atoms with Crippen LogP contribution in [0, 0.1) is 0 Å². The van der Waals surface area contributed by atoms with Gasteiger partial charge in [0.2, 0.25) is 5.91 Å². The fraction of sp³-hybridized carbons (Fsp3) is 0.385. The van der Waals surface area contributed by atoms with Crippen molar-refractivity contribution in [2.24, 2.45) is 0 Å². The van der Waals surface area contributed by atoms with Gasteiger partial charge in [-0.3, -0.25) is 9.69 Å². The Bertz CT molecular complexity index is 607. The molecule has 1 aromatic rings. The van der Waals surface area contributed by atoms with Crippen molar-refractivity contribution in [3.8, 4) is 0 Å². The van der Waals surface area contributed by atoms with E-state index in [-0.39, 0.29) is 18.7 Å². The summed E-state index contributed by atoms with van der Waals surface area (Å²) in [7, 11) is 1.40. The van der Waals surface area contributed by atoms with Gasteiger partial charge in [0.05, 0.1) is 10.6 Å². The van der Waals surface area contributed by atoms with Crippen LogP contribution < -0.4 is 5.32 Å². The number of alkyl halides is 3. The number of cyclic esters (lactones) is 1. The van der Waals surface area contributed by atoms with Crippen molar-refractivity contribution >= 4 is 23.6 Å². The number of hydrogen-bond acceptors (Lipinski definition) is 3. The van der Waals surface area contributed by atoms with E-state index in [1.54, 1.807) is 0 Å². The number of likely N-dealkylation sites (N-methyl/N-ethyl adjacent to an activating group) is 1. The number of carbonyl (C=O) groups is 2. The standard InChI is InChI=1S/C13H12ClF3N2O3/c1-19-9(6-22-12(19)21)11(20)18-5-7-3-2-4-8(10(7)14)13(15,16)17/h2-4,9H,5-6H2,1H3,(H,18,20)/t9-/m1/s1. The smallest absolute Gasteiger partial charge is 0.417 e. The van der Waals surface area contributed by atoms with Gasteiger partial charge in [0, 0.05) is 13.6 Å². The van der Waals surface area contributed by atoms with Gasteiger partial charge in [0.15, 0.2) is 0 Å². The Hall–Kier alpha value is -1.96. The molecule has 22 heavy (non-hydrogen) atoms. The first kappa shape index (κ1) is 16.4. The van der Waals surface area contributed by atoms with Crippen molar-refractivity contribution < 1.29 is 27.5 Å².